The van der Waals surface area contributed by atoms with Crippen LogP contribution in [0.1, 0.15) is 34.3 Å². The van der Waals surface area contributed by atoms with Crippen molar-refractivity contribution in [3.05, 3.63) is 77.1 Å². The Bertz CT molecular complexity index is 880. The summed E-state index contributed by atoms with van der Waals surface area (Å²) in [6.07, 6.45) is 6.41. The van der Waals surface area contributed by atoms with Crippen LogP contribution in [0.15, 0.2) is 54.6 Å². The van der Waals surface area contributed by atoms with Gasteiger partial charge in [0.1, 0.15) is 6.61 Å². The van der Waals surface area contributed by atoms with Gasteiger partial charge in [0.25, 0.3) is 0 Å². The predicted octanol–water partition coefficient (Wildman–Crippen LogP) is 3.96. The van der Waals surface area contributed by atoms with Gasteiger partial charge >= 0.3 is 0 Å². The fourth-order valence-electron chi connectivity index (χ4n) is 2.73. The molecule has 5 heteroatoms. The van der Waals surface area contributed by atoms with E-state index in [1.807, 2.05) is 18.2 Å². The minimum atomic E-state index is -0.571. The zero-order valence-electron chi connectivity index (χ0n) is 15.2. The molecule has 0 saturated heterocycles. The quantitative estimate of drug-likeness (QED) is 0.526. The number of likely N-dealkylation sites (N-methyl/N-ethyl adjacent to an activating group) is 1. The SMILES string of the molecule is CN(CC=CCOc1ccc(C(=O)c2ccc(C#N)cc2)cc1F)C1CC1. The second-order valence-corrected chi connectivity index (χ2v) is 6.62. The molecule has 0 amide bonds. The van der Waals surface area contributed by atoms with E-state index in [0.29, 0.717) is 17.2 Å². The van der Waals surface area contributed by atoms with Crippen molar-refractivity contribution in [3.63, 3.8) is 0 Å². The fraction of sp³-hybridized carbons (Fsp3) is 0.273. The minimum Gasteiger partial charge on any atom is -0.486 e. The number of rotatable bonds is 8. The van der Waals surface area contributed by atoms with Gasteiger partial charge in [-0.1, -0.05) is 12.2 Å². The molecule has 0 radical (unpaired) electrons. The number of nitriles is 1. The monoisotopic (exact) mass is 364 g/mol. The number of carbonyl (C=O) groups is 1. The predicted molar refractivity (Wildman–Crippen MR) is 101 cm³/mol. The van der Waals surface area contributed by atoms with Crippen LogP contribution < -0.4 is 4.74 Å². The molecular weight excluding hydrogens is 343 g/mol. The summed E-state index contributed by atoms with van der Waals surface area (Å²) in [6, 6.07) is 13.1. The molecule has 0 atom stereocenters. The molecule has 2 aromatic carbocycles. The van der Waals surface area contributed by atoms with Gasteiger partial charge in [-0.3, -0.25) is 9.69 Å². The lowest BCUT2D eigenvalue weighted by Gasteiger charge is -2.12. The largest absolute Gasteiger partial charge is 0.486 e. The van der Waals surface area contributed by atoms with Crippen LogP contribution in [0.5, 0.6) is 5.75 Å². The summed E-state index contributed by atoms with van der Waals surface area (Å²) >= 11 is 0. The Morgan fingerprint density at radius 2 is 1.93 bits per heavy atom. The summed E-state index contributed by atoms with van der Waals surface area (Å²) in [4.78, 5) is 14.7. The highest BCUT2D eigenvalue weighted by atomic mass is 19.1. The maximum Gasteiger partial charge on any atom is 0.193 e. The highest BCUT2D eigenvalue weighted by Crippen LogP contribution is 2.25. The molecule has 1 aliphatic rings. The fourth-order valence-corrected chi connectivity index (χ4v) is 2.73. The van der Waals surface area contributed by atoms with Gasteiger partial charge in [0.2, 0.25) is 0 Å². The lowest BCUT2D eigenvalue weighted by Crippen LogP contribution is -2.20. The molecule has 4 nitrogen and oxygen atoms in total. The third kappa shape index (κ3) is 5.02. The van der Waals surface area contributed by atoms with E-state index >= 15 is 0 Å². The van der Waals surface area contributed by atoms with Crippen LogP contribution in [0.4, 0.5) is 4.39 Å². The molecule has 0 aliphatic heterocycles. The lowest BCUT2D eigenvalue weighted by atomic mass is 10.0. The molecule has 2 aromatic rings. The Kier molecular flexibility index (Phi) is 6.00. The number of hydrogen-bond donors (Lipinski definition) is 0. The first-order chi connectivity index (χ1) is 13.1. The van der Waals surface area contributed by atoms with Crippen molar-refractivity contribution >= 4 is 5.78 Å². The molecule has 1 fully saturated rings. The topological polar surface area (TPSA) is 53.3 Å². The van der Waals surface area contributed by atoms with Crippen LogP contribution in [0, 0.1) is 17.1 Å². The molecule has 3 rings (SSSR count). The summed E-state index contributed by atoms with van der Waals surface area (Å²) in [5.74, 6) is -0.752. The Balaban J connectivity index is 1.56. The first kappa shape index (κ1) is 18.8. The highest BCUT2D eigenvalue weighted by molar-refractivity contribution is 6.09. The van der Waals surface area contributed by atoms with Gasteiger partial charge in [0.05, 0.1) is 11.6 Å². The summed E-state index contributed by atoms with van der Waals surface area (Å²) in [7, 11) is 2.09. The number of ketones is 1. The van der Waals surface area contributed by atoms with E-state index in [1.165, 1.54) is 25.0 Å². The number of benzene rings is 2. The van der Waals surface area contributed by atoms with Crippen LogP contribution in [0.3, 0.4) is 0 Å². The van der Waals surface area contributed by atoms with E-state index in [1.54, 1.807) is 30.3 Å². The Hall–Kier alpha value is -2.97. The molecular formula is C22H21FN2O2. The Morgan fingerprint density at radius 3 is 2.56 bits per heavy atom. The van der Waals surface area contributed by atoms with Crippen molar-refractivity contribution in [2.75, 3.05) is 20.2 Å². The zero-order valence-corrected chi connectivity index (χ0v) is 15.2. The molecule has 0 N–H and O–H groups in total. The van der Waals surface area contributed by atoms with Crippen molar-refractivity contribution in [1.29, 1.82) is 5.26 Å². The zero-order chi connectivity index (χ0) is 19.2. The van der Waals surface area contributed by atoms with Gasteiger partial charge < -0.3 is 4.74 Å². The van der Waals surface area contributed by atoms with Gasteiger partial charge in [-0.15, -0.1) is 0 Å². The van der Waals surface area contributed by atoms with Gasteiger partial charge in [-0.25, -0.2) is 4.39 Å². The van der Waals surface area contributed by atoms with Gasteiger partial charge in [-0.05, 0) is 62.4 Å². The molecule has 0 bridgehead atoms. The van der Waals surface area contributed by atoms with E-state index in [9.17, 15) is 9.18 Å². The maximum atomic E-state index is 14.2. The van der Waals surface area contributed by atoms with Crippen LogP contribution >= 0.6 is 0 Å². The third-order valence-corrected chi connectivity index (χ3v) is 4.54. The normalized spacial score (nSPS) is 13.7. The van der Waals surface area contributed by atoms with Gasteiger partial charge in [0, 0.05) is 23.7 Å². The molecule has 0 aromatic heterocycles. The van der Waals surface area contributed by atoms with Crippen LogP contribution in [0.25, 0.3) is 0 Å². The first-order valence-corrected chi connectivity index (χ1v) is 8.91. The van der Waals surface area contributed by atoms with Gasteiger partial charge in [-0.2, -0.15) is 5.26 Å². The van der Waals surface area contributed by atoms with Crippen molar-refractivity contribution < 1.29 is 13.9 Å². The van der Waals surface area contributed by atoms with E-state index < -0.39 is 5.82 Å². The van der Waals surface area contributed by atoms with E-state index in [2.05, 4.69) is 11.9 Å². The second kappa shape index (κ2) is 8.61. The summed E-state index contributed by atoms with van der Waals surface area (Å²) in [5, 5.41) is 8.80. The minimum absolute atomic E-state index is 0.117. The molecule has 27 heavy (non-hydrogen) atoms. The van der Waals surface area contributed by atoms with E-state index in [-0.39, 0.29) is 23.7 Å². The summed E-state index contributed by atoms with van der Waals surface area (Å²) < 4.78 is 19.7. The van der Waals surface area contributed by atoms with E-state index in [0.717, 1.165) is 6.54 Å². The van der Waals surface area contributed by atoms with Crippen LogP contribution in [-0.4, -0.2) is 36.9 Å². The van der Waals surface area contributed by atoms with Crippen molar-refractivity contribution in [3.8, 4) is 11.8 Å². The average Bonchev–Trinajstić information content (AvgIpc) is 3.53. The molecule has 0 unspecified atom stereocenters. The number of nitrogens with zero attached hydrogens (tertiary/aromatic N) is 2. The van der Waals surface area contributed by atoms with E-state index in [4.69, 9.17) is 10.00 Å². The molecule has 1 saturated carbocycles. The van der Waals surface area contributed by atoms with Crippen molar-refractivity contribution in [1.82, 2.24) is 4.90 Å². The first-order valence-electron chi connectivity index (χ1n) is 8.91. The lowest BCUT2D eigenvalue weighted by molar-refractivity contribution is 0.103. The number of halogens is 1. The molecule has 0 spiro atoms. The summed E-state index contributed by atoms with van der Waals surface area (Å²) in [5.41, 5.74) is 1.12. The van der Waals surface area contributed by atoms with Crippen LogP contribution in [0.2, 0.25) is 0 Å². The highest BCUT2D eigenvalue weighted by Gasteiger charge is 2.24. The molecule has 138 valence electrons. The third-order valence-electron chi connectivity index (χ3n) is 4.54. The Labute approximate surface area is 158 Å². The van der Waals surface area contributed by atoms with Crippen LogP contribution in [-0.2, 0) is 0 Å². The maximum absolute atomic E-state index is 14.2. The molecule has 1 aliphatic carbocycles. The number of hydrogen-bond acceptors (Lipinski definition) is 4. The number of carbonyl (C=O) groups excluding carboxylic acids is 1. The molecule has 0 heterocycles. The smallest absolute Gasteiger partial charge is 0.193 e. The van der Waals surface area contributed by atoms with Crippen molar-refractivity contribution in [2.24, 2.45) is 0 Å². The number of ether oxygens (including phenoxy) is 1. The van der Waals surface area contributed by atoms with Gasteiger partial charge in [0.15, 0.2) is 17.3 Å². The van der Waals surface area contributed by atoms with Crippen molar-refractivity contribution in [2.45, 2.75) is 18.9 Å². The average molecular weight is 364 g/mol. The standard InChI is InChI=1S/C22H21FN2O2/c1-25(19-9-10-19)12-2-3-13-27-21-11-8-18(14-20(21)23)22(26)17-6-4-16(15-24)5-7-17/h2-8,11,14,19H,9-10,12-13H2,1H3. The summed E-state index contributed by atoms with van der Waals surface area (Å²) in [6.45, 7) is 1.13. The Morgan fingerprint density at radius 1 is 1.22 bits per heavy atom. The second-order valence-electron chi connectivity index (χ2n) is 6.62.